The third kappa shape index (κ3) is 6.06. The molecule has 280 valence electrons. The van der Waals surface area contributed by atoms with Gasteiger partial charge in [0.25, 0.3) is 0 Å². The number of anilines is 2. The van der Waals surface area contributed by atoms with E-state index in [1.807, 2.05) is 42.9 Å². The number of fused-ring (bicyclic) bond motifs is 6. The molecule has 1 aliphatic heterocycles. The standard InChI is InChI=1S/C51H32N5O.Pt/c1-3-14-35(15-4-1)41-20-13-21-42(36-16-5-2-6-17-36)50(41)37-30-38(55-34-54-29-28-53-51(54)45-19-8-9-22-46(45)55)32-40(31-37)57-39-25-26-44-43-18-7-10-23-47(43)56(48(44)33-39)49-24-11-12-27-52-49;/h1-31,34H;/q-3;. The number of ether oxygens (including phenoxy) is 1. The molecule has 0 spiro atoms. The second-order valence-corrected chi connectivity index (χ2v) is 14.0. The Bertz CT molecular complexity index is 3030. The normalized spacial score (nSPS) is 11.8. The molecule has 3 aromatic heterocycles. The van der Waals surface area contributed by atoms with Gasteiger partial charge in [-0.2, -0.15) is 6.07 Å². The summed E-state index contributed by atoms with van der Waals surface area (Å²) in [5.74, 6) is 2.84. The second kappa shape index (κ2) is 14.7. The van der Waals surface area contributed by atoms with Gasteiger partial charge in [-0.05, 0) is 75.9 Å². The molecule has 58 heavy (non-hydrogen) atoms. The summed E-state index contributed by atoms with van der Waals surface area (Å²) >= 11 is 0. The zero-order chi connectivity index (χ0) is 37.7. The maximum atomic E-state index is 6.90. The molecule has 4 heterocycles. The van der Waals surface area contributed by atoms with Gasteiger partial charge in [0.05, 0.1) is 0 Å². The van der Waals surface area contributed by atoms with E-state index in [-0.39, 0.29) is 21.1 Å². The van der Waals surface area contributed by atoms with Gasteiger partial charge in [0.15, 0.2) is 0 Å². The van der Waals surface area contributed by atoms with E-state index >= 15 is 0 Å². The molecular weight excluding hydrogens is 894 g/mol. The smallest absolute Gasteiger partial charge is 0.135 e. The van der Waals surface area contributed by atoms with Gasteiger partial charge in [-0.1, -0.05) is 139 Å². The first-order valence-electron chi connectivity index (χ1n) is 18.9. The molecule has 0 saturated carbocycles. The van der Waals surface area contributed by atoms with E-state index in [4.69, 9.17) is 9.72 Å². The predicted octanol–water partition coefficient (Wildman–Crippen LogP) is 12.6. The van der Waals surface area contributed by atoms with Crippen molar-refractivity contribution in [3.05, 3.63) is 207 Å². The average molecular weight is 926 g/mol. The van der Waals surface area contributed by atoms with Crippen LogP contribution in [0.5, 0.6) is 11.5 Å². The monoisotopic (exact) mass is 925 g/mol. The number of rotatable bonds is 7. The van der Waals surface area contributed by atoms with E-state index in [0.29, 0.717) is 11.5 Å². The Balaban J connectivity index is 0.00000408. The van der Waals surface area contributed by atoms with E-state index in [1.165, 1.54) is 0 Å². The molecule has 1 aliphatic rings. The van der Waals surface area contributed by atoms with Crippen LogP contribution in [-0.2, 0) is 21.1 Å². The molecule has 0 bridgehead atoms. The van der Waals surface area contributed by atoms with Crippen LogP contribution in [0.1, 0.15) is 0 Å². The Morgan fingerprint density at radius 1 is 0.534 bits per heavy atom. The molecule has 0 aliphatic carbocycles. The molecule has 6 nitrogen and oxygen atoms in total. The molecule has 0 amide bonds. The van der Waals surface area contributed by atoms with Crippen LogP contribution >= 0.6 is 0 Å². The van der Waals surface area contributed by atoms with Crippen LogP contribution in [0.25, 0.3) is 72.4 Å². The Morgan fingerprint density at radius 3 is 2.02 bits per heavy atom. The first-order valence-corrected chi connectivity index (χ1v) is 18.9. The minimum absolute atomic E-state index is 0. The van der Waals surface area contributed by atoms with Crippen LogP contribution in [0, 0.1) is 18.8 Å². The van der Waals surface area contributed by atoms with Crippen LogP contribution in [0.2, 0.25) is 0 Å². The van der Waals surface area contributed by atoms with E-state index in [9.17, 15) is 0 Å². The van der Waals surface area contributed by atoms with Crippen molar-refractivity contribution >= 4 is 33.2 Å². The Labute approximate surface area is 350 Å². The SMILES string of the molecule is [Pt].[c-]1c(Oc2[c-]c3c(cc2)c2ccccc2n3-c2ccccn2)cc(-c2c(-c3ccccc3)cccc2-c2ccccc2)cc1N1[CH-]n2ccnc2-c2ccccc21. The third-order valence-electron chi connectivity index (χ3n) is 10.6. The summed E-state index contributed by atoms with van der Waals surface area (Å²) < 4.78 is 11.1. The van der Waals surface area contributed by atoms with Gasteiger partial charge in [-0.25, -0.2) is 4.98 Å². The van der Waals surface area contributed by atoms with Crippen molar-refractivity contribution in [2.75, 3.05) is 4.90 Å². The number of pyridine rings is 1. The quantitative estimate of drug-likeness (QED) is 0.149. The summed E-state index contributed by atoms with van der Waals surface area (Å²) in [5, 5.41) is 2.20. The fourth-order valence-corrected chi connectivity index (χ4v) is 8.08. The topological polar surface area (TPSA) is 48.1 Å². The van der Waals surface area contributed by atoms with Crippen LogP contribution in [0.4, 0.5) is 11.4 Å². The first-order chi connectivity index (χ1) is 28.3. The molecule has 0 saturated heterocycles. The summed E-state index contributed by atoms with van der Waals surface area (Å²) in [6.45, 7) is 2.06. The minimum Gasteiger partial charge on any atom is -0.509 e. The summed E-state index contributed by atoms with van der Waals surface area (Å²) in [4.78, 5) is 11.6. The molecule has 10 aromatic rings. The molecular formula is C51H32N5OPt-3. The average Bonchev–Trinajstić information content (AvgIpc) is 3.89. The second-order valence-electron chi connectivity index (χ2n) is 14.0. The number of para-hydroxylation sites is 2. The van der Waals surface area contributed by atoms with Gasteiger partial charge in [-0.15, -0.1) is 41.3 Å². The fraction of sp³-hybridized carbons (Fsp3) is 0. The van der Waals surface area contributed by atoms with Crippen molar-refractivity contribution in [1.82, 2.24) is 19.1 Å². The van der Waals surface area contributed by atoms with E-state index in [2.05, 4.69) is 183 Å². The van der Waals surface area contributed by atoms with Crippen molar-refractivity contribution < 1.29 is 25.8 Å². The summed E-state index contributed by atoms with van der Waals surface area (Å²) in [7, 11) is 0. The fourth-order valence-electron chi connectivity index (χ4n) is 8.08. The van der Waals surface area contributed by atoms with Gasteiger partial charge >= 0.3 is 0 Å². The maximum Gasteiger partial charge on any atom is 0.135 e. The molecule has 0 unspecified atom stereocenters. The molecule has 0 atom stereocenters. The van der Waals surface area contributed by atoms with E-state index < -0.39 is 0 Å². The van der Waals surface area contributed by atoms with Gasteiger partial charge in [0.2, 0.25) is 0 Å². The molecule has 0 radical (unpaired) electrons. The predicted molar refractivity (Wildman–Crippen MR) is 229 cm³/mol. The van der Waals surface area contributed by atoms with Gasteiger partial charge in [-0.3, -0.25) is 0 Å². The Hall–Kier alpha value is -7.14. The Morgan fingerprint density at radius 2 is 1.24 bits per heavy atom. The van der Waals surface area contributed by atoms with Crippen molar-refractivity contribution in [2.45, 2.75) is 0 Å². The number of hydrogen-bond donors (Lipinski definition) is 0. The number of benzene rings is 7. The zero-order valence-electron chi connectivity index (χ0n) is 30.9. The van der Waals surface area contributed by atoms with Crippen LogP contribution in [0.15, 0.2) is 188 Å². The van der Waals surface area contributed by atoms with Crippen LogP contribution in [-0.4, -0.2) is 19.1 Å². The van der Waals surface area contributed by atoms with Crippen LogP contribution < -0.4 is 9.64 Å². The van der Waals surface area contributed by atoms with E-state index in [0.717, 1.165) is 83.8 Å². The number of nitrogens with zero attached hydrogens (tertiary/aromatic N) is 5. The molecule has 0 N–H and O–H groups in total. The zero-order valence-corrected chi connectivity index (χ0v) is 33.2. The number of aromatic nitrogens is 4. The molecule has 11 rings (SSSR count). The van der Waals surface area contributed by atoms with Gasteiger partial charge < -0.3 is 23.8 Å². The molecule has 7 aromatic carbocycles. The number of hydrogen-bond acceptors (Lipinski definition) is 4. The van der Waals surface area contributed by atoms with E-state index in [1.54, 1.807) is 0 Å². The van der Waals surface area contributed by atoms with Crippen LogP contribution in [0.3, 0.4) is 0 Å². The largest absolute Gasteiger partial charge is 0.509 e. The summed E-state index contributed by atoms with van der Waals surface area (Å²) in [5.41, 5.74) is 11.4. The van der Waals surface area contributed by atoms with Crippen molar-refractivity contribution in [1.29, 1.82) is 0 Å². The Kier molecular flexibility index (Phi) is 8.97. The first kappa shape index (κ1) is 35.3. The molecule has 7 heteroatoms. The molecule has 0 fully saturated rings. The van der Waals surface area contributed by atoms with Gasteiger partial charge in [0.1, 0.15) is 5.82 Å². The third-order valence-corrected chi connectivity index (χ3v) is 10.6. The van der Waals surface area contributed by atoms with Crippen molar-refractivity contribution in [2.24, 2.45) is 0 Å². The summed E-state index contributed by atoms with van der Waals surface area (Å²) in [6.07, 6.45) is 5.62. The maximum absolute atomic E-state index is 6.90. The van der Waals surface area contributed by atoms with Gasteiger partial charge in [0, 0.05) is 55.8 Å². The number of imidazole rings is 1. The van der Waals surface area contributed by atoms with Crippen molar-refractivity contribution in [3.63, 3.8) is 0 Å². The van der Waals surface area contributed by atoms with Crippen molar-refractivity contribution in [3.8, 4) is 62.1 Å². The minimum atomic E-state index is 0. The summed E-state index contributed by atoms with van der Waals surface area (Å²) in [6, 6.07) is 66.1.